The van der Waals surface area contributed by atoms with Gasteiger partial charge in [-0.05, 0) is 13.0 Å². The van der Waals surface area contributed by atoms with Crippen molar-refractivity contribution in [1.29, 1.82) is 0 Å². The van der Waals surface area contributed by atoms with Gasteiger partial charge in [0, 0.05) is 5.22 Å². The summed E-state index contributed by atoms with van der Waals surface area (Å²) in [4.78, 5) is 33.0. The van der Waals surface area contributed by atoms with Gasteiger partial charge in [0.05, 0.1) is 0 Å². The number of primary amides is 1. The number of rotatable bonds is 9. The molecule has 4 heterocycles. The van der Waals surface area contributed by atoms with Crippen LogP contribution >= 0.6 is 34.0 Å². The van der Waals surface area contributed by atoms with Crippen LogP contribution in [0.5, 0.6) is 0 Å². The summed E-state index contributed by atoms with van der Waals surface area (Å²) >= 11 is 3.19. The summed E-state index contributed by atoms with van der Waals surface area (Å²) in [6, 6.07) is 14.5. The van der Waals surface area contributed by atoms with E-state index in [0.29, 0.717) is 11.0 Å². The number of allylic oxidation sites excluding steroid dienone is 4. The van der Waals surface area contributed by atoms with Gasteiger partial charge in [0.2, 0.25) is 0 Å². The Balaban J connectivity index is 1.62. The zero-order valence-corrected chi connectivity index (χ0v) is 26.8. The second kappa shape index (κ2) is 13.4. The third-order valence-electron chi connectivity index (χ3n) is 5.68. The molecule has 0 unspecified atom stereocenters. The fraction of sp³-hybridized carbons (Fsp3) is 0.0968. The minimum atomic E-state index is -1.91. The fourth-order valence-corrected chi connectivity index (χ4v) is 12.3. The topological polar surface area (TPSA) is 73.3 Å². The first-order chi connectivity index (χ1) is 18.8. The van der Waals surface area contributed by atoms with Crippen LogP contribution in [-0.4, -0.2) is 26.1 Å². The van der Waals surface area contributed by atoms with Gasteiger partial charge in [-0.2, -0.15) is 0 Å². The summed E-state index contributed by atoms with van der Waals surface area (Å²) in [5, 5.41) is 0.809. The van der Waals surface area contributed by atoms with E-state index in [4.69, 9.17) is 10.2 Å². The third-order valence-corrected chi connectivity index (χ3v) is 15.1. The predicted octanol–water partition coefficient (Wildman–Crippen LogP) is 6.80. The molecule has 0 bridgehead atoms. The van der Waals surface area contributed by atoms with Gasteiger partial charge in [-0.3, -0.25) is 0 Å². The molecule has 4 rings (SSSR count). The van der Waals surface area contributed by atoms with Gasteiger partial charge in [-0.25, -0.2) is 4.79 Å². The van der Waals surface area contributed by atoms with E-state index in [9.17, 15) is 9.59 Å². The molecular weight excluding hydrogens is 652 g/mol. The Kier molecular flexibility index (Phi) is 9.98. The number of nitrogens with two attached hydrogens (primary N) is 1. The van der Waals surface area contributed by atoms with Gasteiger partial charge in [0.25, 0.3) is 0 Å². The minimum absolute atomic E-state index is 0.359. The summed E-state index contributed by atoms with van der Waals surface area (Å²) < 4.78 is 9.00. The van der Waals surface area contributed by atoms with E-state index >= 15 is 0 Å². The first-order valence-electron chi connectivity index (χ1n) is 12.1. The molecule has 0 aliphatic carbocycles. The van der Waals surface area contributed by atoms with Crippen LogP contribution in [0.2, 0.25) is 4.87 Å². The van der Waals surface area contributed by atoms with Gasteiger partial charge >= 0.3 is 185 Å². The second-order valence-corrected chi connectivity index (χ2v) is 17.3. The van der Waals surface area contributed by atoms with E-state index in [0.717, 1.165) is 19.9 Å². The number of carbonyl (C=O) groups excluding carboxylic acids is 1. The van der Waals surface area contributed by atoms with Crippen LogP contribution in [-0.2, 0) is 4.79 Å². The monoisotopic (exact) mass is 679 g/mol. The molecule has 4 nitrogen and oxygen atoms in total. The van der Waals surface area contributed by atoms with Gasteiger partial charge in [-0.1, -0.05) is 30.9 Å². The molecule has 0 radical (unpaired) electrons. The van der Waals surface area contributed by atoms with Crippen molar-refractivity contribution in [2.75, 3.05) is 0 Å². The van der Waals surface area contributed by atoms with Crippen molar-refractivity contribution in [2.24, 2.45) is 5.73 Å². The first kappa shape index (κ1) is 29.0. The third kappa shape index (κ3) is 6.98. The average molecular weight is 681 g/mol. The standard InChI is InChI=1S/C27H21O2S3.C3H4NO.CH3.Sb/c1-4-7-10-21-18(8-5-2)17-20(27(28)29-21)22-13-14-25(31-22)26-16-15-24(32-26)23-12-11-19(30-23)9-6-3;1-2-3(4)5;;/h4-8,10-17H,2H2,1,3H3;1-2H,(H2,4,5);1H3;/b7-4-,9-6?,18-8-,21-10+;;;. The zero-order chi connectivity index (χ0) is 27.9. The van der Waals surface area contributed by atoms with Crippen LogP contribution in [0.15, 0.2) is 92.7 Å². The first-order valence-corrected chi connectivity index (χ1v) is 19.9. The summed E-state index contributed by atoms with van der Waals surface area (Å²) in [6.45, 7) is 7.75. The van der Waals surface area contributed by atoms with Gasteiger partial charge in [0.15, 0.2) is 0 Å². The molecule has 39 heavy (non-hydrogen) atoms. The Morgan fingerprint density at radius 3 is 2.18 bits per heavy atom. The molecule has 2 N–H and O–H groups in total. The number of thiophene rings is 3. The Morgan fingerprint density at radius 1 is 0.949 bits per heavy atom. The molecule has 0 aromatic carbocycles. The molecular formula is C31H28NO3S3Sb. The molecule has 8 heteroatoms. The van der Waals surface area contributed by atoms with E-state index in [1.54, 1.807) is 46.2 Å². The summed E-state index contributed by atoms with van der Waals surface area (Å²) in [5.74, 6) is -0.396. The van der Waals surface area contributed by atoms with Gasteiger partial charge in [0.1, 0.15) is 5.42 Å². The Hall–Kier alpha value is -2.96. The van der Waals surface area contributed by atoms with E-state index in [2.05, 4.69) is 54.8 Å². The van der Waals surface area contributed by atoms with Crippen LogP contribution < -0.4 is 22.0 Å². The Bertz CT molecular complexity index is 1780. The van der Waals surface area contributed by atoms with Crippen molar-refractivity contribution in [3.63, 3.8) is 0 Å². The average Bonchev–Trinajstić information content (AvgIpc) is 3.68. The van der Waals surface area contributed by atoms with Crippen molar-refractivity contribution in [3.8, 4) is 29.9 Å². The minimum Gasteiger partial charge on any atom is -0.422 e. The molecule has 0 saturated carbocycles. The fourth-order valence-electron chi connectivity index (χ4n) is 3.85. The van der Waals surface area contributed by atoms with Crippen LogP contribution in [0.25, 0.3) is 45.6 Å². The molecule has 4 aromatic heterocycles. The van der Waals surface area contributed by atoms with Crippen molar-refractivity contribution in [3.05, 3.63) is 109 Å². The SMILES string of the molecule is C=C/C=c1/cc(-c2ccc(-c3ccc(-c4ccc(/[C](=C/C)[Sb]([CH3])[CH]=CC(N)=O)s4)s3)s2)c(=O)o/c1=C/C=C\C. The van der Waals surface area contributed by atoms with E-state index in [1.807, 2.05) is 41.3 Å². The van der Waals surface area contributed by atoms with Crippen molar-refractivity contribution >= 4 is 75.8 Å². The summed E-state index contributed by atoms with van der Waals surface area (Å²) in [7, 11) is 0. The van der Waals surface area contributed by atoms with Gasteiger partial charge < -0.3 is 4.42 Å². The van der Waals surface area contributed by atoms with E-state index < -0.39 is 26.1 Å². The van der Waals surface area contributed by atoms with Crippen molar-refractivity contribution in [1.82, 2.24) is 0 Å². The molecule has 0 fully saturated rings. The van der Waals surface area contributed by atoms with Crippen molar-refractivity contribution in [2.45, 2.75) is 18.7 Å². The maximum atomic E-state index is 12.8. The summed E-state index contributed by atoms with van der Waals surface area (Å²) in [5.41, 5.74) is 5.99. The van der Waals surface area contributed by atoms with E-state index in [1.165, 1.54) is 24.2 Å². The van der Waals surface area contributed by atoms with Gasteiger partial charge in [-0.15, -0.1) is 0 Å². The Labute approximate surface area is 247 Å². The number of hydrogen-bond donors (Lipinski definition) is 1. The molecule has 0 spiro atoms. The molecule has 0 atom stereocenters. The number of hydrogen-bond acceptors (Lipinski definition) is 6. The molecule has 198 valence electrons. The number of amides is 1. The molecule has 4 aromatic rings. The predicted molar refractivity (Wildman–Crippen MR) is 172 cm³/mol. The van der Waals surface area contributed by atoms with Crippen LogP contribution in [0, 0.1) is 0 Å². The van der Waals surface area contributed by atoms with Crippen LogP contribution in [0.4, 0.5) is 0 Å². The smallest absolute Gasteiger partial charge is 0.422 e. The Morgan fingerprint density at radius 2 is 1.56 bits per heavy atom. The van der Waals surface area contributed by atoms with Crippen LogP contribution in [0.1, 0.15) is 18.7 Å². The molecule has 1 amide bonds. The van der Waals surface area contributed by atoms with Crippen molar-refractivity contribution < 1.29 is 9.21 Å². The quantitative estimate of drug-likeness (QED) is 0.156. The normalized spacial score (nSPS) is 13.4. The number of carbonyl (C=O) groups is 1. The van der Waals surface area contributed by atoms with E-state index in [-0.39, 0.29) is 5.63 Å². The van der Waals surface area contributed by atoms with Crippen LogP contribution in [0.3, 0.4) is 0 Å². The summed E-state index contributed by atoms with van der Waals surface area (Å²) in [6.07, 6.45) is 12.7. The molecule has 0 aliphatic rings. The maximum absolute atomic E-state index is 12.8. The molecule has 0 aliphatic heterocycles. The molecule has 0 saturated heterocycles. The second-order valence-electron chi connectivity index (χ2n) is 8.36. The zero-order valence-electron chi connectivity index (χ0n) is 21.8.